The molecule has 4 heteroatoms. The number of aliphatic hydroxyl groups is 1. The maximum absolute atomic E-state index is 10.3. The zero-order chi connectivity index (χ0) is 8.27. The van der Waals surface area contributed by atoms with E-state index in [1.54, 1.807) is 11.8 Å². The molecule has 0 radical (unpaired) electrons. The predicted molar refractivity (Wildman–Crippen MR) is 43.7 cm³/mol. The monoisotopic (exact) mass is 176 g/mol. The first kappa shape index (κ1) is 8.87. The fourth-order valence-corrected chi connectivity index (χ4v) is 2.42. The average Bonchev–Trinajstić information content (AvgIpc) is 1.93. The first-order valence-corrected chi connectivity index (χ1v) is 4.83. The van der Waals surface area contributed by atoms with Crippen molar-refractivity contribution < 1.29 is 15.0 Å². The second-order valence-corrected chi connectivity index (χ2v) is 3.94. The van der Waals surface area contributed by atoms with Gasteiger partial charge in [-0.05, 0) is 17.9 Å². The van der Waals surface area contributed by atoms with Crippen LogP contribution in [0.1, 0.15) is 12.8 Å². The van der Waals surface area contributed by atoms with Gasteiger partial charge < -0.3 is 10.2 Å². The number of carbonyl (C=O) groups is 1. The van der Waals surface area contributed by atoms with Gasteiger partial charge in [-0.25, -0.2) is 0 Å². The van der Waals surface area contributed by atoms with Crippen LogP contribution in [0.4, 0.5) is 0 Å². The first-order valence-electron chi connectivity index (χ1n) is 3.67. The third-order valence-corrected chi connectivity index (χ3v) is 3.06. The van der Waals surface area contributed by atoms with Crippen molar-refractivity contribution in [3.63, 3.8) is 0 Å². The van der Waals surface area contributed by atoms with Crippen LogP contribution in [0.2, 0.25) is 0 Å². The zero-order valence-corrected chi connectivity index (χ0v) is 7.01. The van der Waals surface area contributed by atoms with Gasteiger partial charge in [0.25, 0.3) is 0 Å². The molecule has 11 heavy (non-hydrogen) atoms. The minimum Gasteiger partial charge on any atom is -0.481 e. The Balaban J connectivity index is 2.35. The summed E-state index contributed by atoms with van der Waals surface area (Å²) in [6, 6.07) is 0. The minimum absolute atomic E-state index is 0.0359. The van der Waals surface area contributed by atoms with E-state index in [1.165, 1.54) is 0 Å². The van der Waals surface area contributed by atoms with Crippen molar-refractivity contribution in [2.24, 2.45) is 5.92 Å². The van der Waals surface area contributed by atoms with Gasteiger partial charge in [-0.2, -0.15) is 11.8 Å². The van der Waals surface area contributed by atoms with Crippen LogP contribution in [0.15, 0.2) is 0 Å². The van der Waals surface area contributed by atoms with E-state index in [1.807, 2.05) is 0 Å². The highest BCUT2D eigenvalue weighted by Crippen LogP contribution is 2.25. The van der Waals surface area contributed by atoms with Gasteiger partial charge in [0, 0.05) is 5.92 Å². The molecule has 64 valence electrons. The van der Waals surface area contributed by atoms with E-state index in [9.17, 15) is 9.90 Å². The molecule has 0 bridgehead atoms. The Labute approximate surface area is 69.8 Å². The van der Waals surface area contributed by atoms with E-state index in [2.05, 4.69) is 0 Å². The quantitative estimate of drug-likeness (QED) is 0.646. The molecule has 0 amide bonds. The number of rotatable bonds is 2. The maximum atomic E-state index is 10.3. The Morgan fingerprint density at radius 3 is 2.91 bits per heavy atom. The lowest BCUT2D eigenvalue weighted by molar-refractivity contribution is -0.138. The Morgan fingerprint density at radius 2 is 2.36 bits per heavy atom. The molecule has 1 aliphatic rings. The molecule has 3 nitrogen and oxygen atoms in total. The van der Waals surface area contributed by atoms with Gasteiger partial charge >= 0.3 is 5.97 Å². The van der Waals surface area contributed by atoms with Crippen molar-refractivity contribution in [1.82, 2.24) is 0 Å². The third kappa shape index (κ3) is 2.71. The van der Waals surface area contributed by atoms with E-state index < -0.39 is 12.1 Å². The second kappa shape index (κ2) is 3.97. The van der Waals surface area contributed by atoms with E-state index >= 15 is 0 Å². The van der Waals surface area contributed by atoms with Crippen LogP contribution in [-0.2, 0) is 4.79 Å². The van der Waals surface area contributed by atoms with Crippen LogP contribution in [0.3, 0.4) is 0 Å². The standard InChI is InChI=1S/C7H12O3S/c8-6-1-2-11-4-5(6)3-7(9)10/h5-6,8H,1-4H2,(H,9,10)/t5-,6+/m0/s1. The summed E-state index contributed by atoms with van der Waals surface area (Å²) < 4.78 is 0. The molecule has 0 aromatic heterocycles. The lowest BCUT2D eigenvalue weighted by Gasteiger charge is -2.25. The number of carboxylic acid groups (broad SMARTS) is 1. The number of hydrogen-bond donors (Lipinski definition) is 2. The minimum atomic E-state index is -0.809. The van der Waals surface area contributed by atoms with Gasteiger partial charge in [0.2, 0.25) is 0 Å². The fraction of sp³-hybridized carbons (Fsp3) is 0.857. The molecule has 1 heterocycles. The Kier molecular flexibility index (Phi) is 3.20. The van der Waals surface area contributed by atoms with Crippen LogP contribution in [0, 0.1) is 5.92 Å². The molecule has 2 N–H and O–H groups in total. The molecule has 0 aliphatic carbocycles. The number of aliphatic carboxylic acids is 1. The molecule has 1 rings (SSSR count). The lowest BCUT2D eigenvalue weighted by Crippen LogP contribution is -2.29. The van der Waals surface area contributed by atoms with E-state index in [0.29, 0.717) is 0 Å². The van der Waals surface area contributed by atoms with Crippen LogP contribution in [0.5, 0.6) is 0 Å². The zero-order valence-electron chi connectivity index (χ0n) is 6.19. The molecular weight excluding hydrogens is 164 g/mol. The summed E-state index contributed by atoms with van der Waals surface area (Å²) in [5.74, 6) is 0.896. The molecule has 1 fully saturated rings. The lowest BCUT2D eigenvalue weighted by atomic mass is 9.98. The Bertz CT molecular complexity index is 149. The number of aliphatic hydroxyl groups excluding tert-OH is 1. The van der Waals surface area contributed by atoms with Crippen molar-refractivity contribution in [2.75, 3.05) is 11.5 Å². The van der Waals surface area contributed by atoms with Crippen molar-refractivity contribution in [3.05, 3.63) is 0 Å². The molecule has 0 unspecified atom stereocenters. The molecule has 1 aliphatic heterocycles. The first-order chi connectivity index (χ1) is 5.20. The van der Waals surface area contributed by atoms with Crippen molar-refractivity contribution in [1.29, 1.82) is 0 Å². The Hall–Kier alpha value is -0.220. The van der Waals surface area contributed by atoms with E-state index in [4.69, 9.17) is 5.11 Å². The van der Waals surface area contributed by atoms with E-state index in [0.717, 1.165) is 17.9 Å². The van der Waals surface area contributed by atoms with Gasteiger partial charge in [0.1, 0.15) is 0 Å². The normalized spacial score (nSPS) is 31.7. The van der Waals surface area contributed by atoms with Gasteiger partial charge in [-0.3, -0.25) is 4.79 Å². The van der Waals surface area contributed by atoms with Crippen molar-refractivity contribution >= 4 is 17.7 Å². The predicted octanol–water partition coefficient (Wildman–Crippen LogP) is 0.575. The summed E-state index contributed by atoms with van der Waals surface area (Å²) in [4.78, 5) is 10.3. The SMILES string of the molecule is O=C(O)C[C@H]1CSCC[C@H]1O. The van der Waals surface area contributed by atoms with Crippen LogP contribution in [0.25, 0.3) is 0 Å². The van der Waals surface area contributed by atoms with Crippen molar-refractivity contribution in [3.8, 4) is 0 Å². The molecule has 2 atom stereocenters. The summed E-state index contributed by atoms with van der Waals surface area (Å²) >= 11 is 1.73. The third-order valence-electron chi connectivity index (χ3n) is 1.87. The molecule has 1 saturated heterocycles. The van der Waals surface area contributed by atoms with Crippen LogP contribution < -0.4 is 0 Å². The van der Waals surface area contributed by atoms with Gasteiger partial charge in [0.05, 0.1) is 12.5 Å². The largest absolute Gasteiger partial charge is 0.481 e. The molecule has 0 aromatic carbocycles. The van der Waals surface area contributed by atoms with Gasteiger partial charge in [-0.1, -0.05) is 0 Å². The number of carboxylic acids is 1. The summed E-state index contributed by atoms with van der Waals surface area (Å²) in [6.07, 6.45) is 0.448. The highest BCUT2D eigenvalue weighted by molar-refractivity contribution is 7.99. The highest BCUT2D eigenvalue weighted by atomic mass is 32.2. The summed E-state index contributed by atoms with van der Waals surface area (Å²) in [5.41, 5.74) is 0. The molecule has 0 saturated carbocycles. The number of hydrogen-bond acceptors (Lipinski definition) is 3. The molecule has 0 aromatic rings. The topological polar surface area (TPSA) is 57.5 Å². The van der Waals surface area contributed by atoms with Gasteiger partial charge in [0.15, 0.2) is 0 Å². The fourth-order valence-electron chi connectivity index (χ4n) is 1.20. The maximum Gasteiger partial charge on any atom is 0.303 e. The Morgan fingerprint density at radius 1 is 1.64 bits per heavy atom. The van der Waals surface area contributed by atoms with Gasteiger partial charge in [-0.15, -0.1) is 0 Å². The summed E-state index contributed by atoms with van der Waals surface area (Å²) in [5, 5.41) is 17.8. The molecular formula is C7H12O3S. The smallest absolute Gasteiger partial charge is 0.303 e. The summed E-state index contributed by atoms with van der Waals surface area (Å²) in [7, 11) is 0. The van der Waals surface area contributed by atoms with Crippen molar-refractivity contribution in [2.45, 2.75) is 18.9 Å². The average molecular weight is 176 g/mol. The van der Waals surface area contributed by atoms with Crippen LogP contribution in [-0.4, -0.2) is 33.8 Å². The molecule has 0 spiro atoms. The van der Waals surface area contributed by atoms with Crippen LogP contribution >= 0.6 is 11.8 Å². The second-order valence-electron chi connectivity index (χ2n) is 2.79. The van der Waals surface area contributed by atoms with E-state index in [-0.39, 0.29) is 12.3 Å². The number of thioether (sulfide) groups is 1. The highest BCUT2D eigenvalue weighted by Gasteiger charge is 2.25. The summed E-state index contributed by atoms with van der Waals surface area (Å²) in [6.45, 7) is 0.